The second-order valence-electron chi connectivity index (χ2n) is 7.59. The minimum absolute atomic E-state index is 0.609. The van der Waals surface area contributed by atoms with Gasteiger partial charge in [0.15, 0.2) is 0 Å². The van der Waals surface area contributed by atoms with Crippen LogP contribution in [0.2, 0.25) is 0 Å². The van der Waals surface area contributed by atoms with Crippen LogP contribution in [-0.4, -0.2) is 30.6 Å². The molecule has 1 aromatic carbocycles. The van der Waals surface area contributed by atoms with Gasteiger partial charge in [0.2, 0.25) is 0 Å². The van der Waals surface area contributed by atoms with Crippen molar-refractivity contribution in [1.29, 1.82) is 0 Å². The lowest BCUT2D eigenvalue weighted by Crippen LogP contribution is -2.42. The topological polar surface area (TPSA) is 15.3 Å². The Balaban J connectivity index is 1.38. The number of piperidine rings is 1. The van der Waals surface area contributed by atoms with E-state index >= 15 is 0 Å². The maximum Gasteiger partial charge on any atom is 0.0326 e. The van der Waals surface area contributed by atoms with Crippen molar-refractivity contribution < 1.29 is 0 Å². The monoisotopic (exact) mass is 284 g/mol. The van der Waals surface area contributed by atoms with Crippen LogP contribution in [-0.2, 0) is 6.42 Å². The molecule has 2 heteroatoms. The fourth-order valence-electron chi connectivity index (χ4n) is 4.93. The molecule has 2 fully saturated rings. The first kappa shape index (κ1) is 13.8. The zero-order chi connectivity index (χ0) is 14.4. The molecule has 2 heterocycles. The third-order valence-electron chi connectivity index (χ3n) is 6.23. The smallest absolute Gasteiger partial charge is 0.0326 e. The molecule has 1 N–H and O–H groups in total. The van der Waals surface area contributed by atoms with E-state index in [0.717, 1.165) is 18.0 Å². The first-order chi connectivity index (χ1) is 10.2. The first-order valence-electron chi connectivity index (χ1n) is 8.75. The molecule has 3 unspecified atom stereocenters. The van der Waals surface area contributed by atoms with Crippen molar-refractivity contribution in [2.45, 2.75) is 63.6 Å². The highest BCUT2D eigenvalue weighted by Crippen LogP contribution is 2.38. The standard InChI is InChI=1S/C19H28N2/c1-13-3-4-15-5-8-19(18(15)9-13)20-12-14-10-16-6-7-17(11-14)21(16)2/h3-4,9,14,16-17,19-20H,5-8,10-12H2,1-2H3. The lowest BCUT2D eigenvalue weighted by molar-refractivity contribution is 0.131. The van der Waals surface area contributed by atoms with Crippen LogP contribution in [0.25, 0.3) is 0 Å². The Labute approximate surface area is 128 Å². The van der Waals surface area contributed by atoms with Crippen LogP contribution in [0.3, 0.4) is 0 Å². The Morgan fingerprint density at radius 3 is 2.67 bits per heavy atom. The molecule has 3 aliphatic rings. The molecular weight excluding hydrogens is 256 g/mol. The van der Waals surface area contributed by atoms with Crippen LogP contribution in [0.5, 0.6) is 0 Å². The minimum Gasteiger partial charge on any atom is -0.310 e. The summed E-state index contributed by atoms with van der Waals surface area (Å²) >= 11 is 0. The van der Waals surface area contributed by atoms with Gasteiger partial charge in [0.25, 0.3) is 0 Å². The number of nitrogens with zero attached hydrogens (tertiary/aromatic N) is 1. The van der Waals surface area contributed by atoms with E-state index in [1.165, 1.54) is 50.6 Å². The Kier molecular flexibility index (Phi) is 3.55. The molecule has 114 valence electrons. The summed E-state index contributed by atoms with van der Waals surface area (Å²) in [5.41, 5.74) is 4.55. The molecule has 4 rings (SSSR count). The summed E-state index contributed by atoms with van der Waals surface area (Å²) in [7, 11) is 2.34. The Hall–Kier alpha value is -0.860. The molecule has 2 bridgehead atoms. The number of fused-ring (bicyclic) bond motifs is 3. The summed E-state index contributed by atoms with van der Waals surface area (Å²) < 4.78 is 0. The highest BCUT2D eigenvalue weighted by molar-refractivity contribution is 5.37. The predicted octanol–water partition coefficient (Wildman–Crippen LogP) is 3.44. The van der Waals surface area contributed by atoms with E-state index < -0.39 is 0 Å². The number of nitrogens with one attached hydrogen (secondary N) is 1. The van der Waals surface area contributed by atoms with Crippen molar-refractivity contribution >= 4 is 0 Å². The van der Waals surface area contributed by atoms with Gasteiger partial charge >= 0.3 is 0 Å². The molecule has 21 heavy (non-hydrogen) atoms. The average molecular weight is 284 g/mol. The van der Waals surface area contributed by atoms with Crippen LogP contribution < -0.4 is 5.32 Å². The maximum absolute atomic E-state index is 3.90. The van der Waals surface area contributed by atoms with Gasteiger partial charge in [-0.25, -0.2) is 0 Å². The van der Waals surface area contributed by atoms with Crippen molar-refractivity contribution in [3.05, 3.63) is 34.9 Å². The van der Waals surface area contributed by atoms with E-state index in [9.17, 15) is 0 Å². The molecule has 1 aliphatic carbocycles. The van der Waals surface area contributed by atoms with Crippen LogP contribution in [0.1, 0.15) is 54.8 Å². The number of benzene rings is 1. The highest BCUT2D eigenvalue weighted by Gasteiger charge is 2.38. The lowest BCUT2D eigenvalue weighted by Gasteiger charge is -2.36. The van der Waals surface area contributed by atoms with Gasteiger partial charge < -0.3 is 10.2 Å². The van der Waals surface area contributed by atoms with Gasteiger partial charge in [0.1, 0.15) is 0 Å². The number of hydrogen-bond donors (Lipinski definition) is 1. The van der Waals surface area contributed by atoms with Gasteiger partial charge in [-0.1, -0.05) is 23.8 Å². The van der Waals surface area contributed by atoms with Crippen molar-refractivity contribution in [3.63, 3.8) is 0 Å². The highest BCUT2D eigenvalue weighted by atomic mass is 15.2. The van der Waals surface area contributed by atoms with Gasteiger partial charge in [-0.05, 0) is 76.1 Å². The third-order valence-corrected chi connectivity index (χ3v) is 6.23. The molecule has 2 aliphatic heterocycles. The maximum atomic E-state index is 3.90. The fourth-order valence-corrected chi connectivity index (χ4v) is 4.93. The van der Waals surface area contributed by atoms with Crippen molar-refractivity contribution in [1.82, 2.24) is 10.2 Å². The number of hydrogen-bond acceptors (Lipinski definition) is 2. The molecule has 2 saturated heterocycles. The number of rotatable bonds is 3. The van der Waals surface area contributed by atoms with Crippen LogP contribution >= 0.6 is 0 Å². The summed E-state index contributed by atoms with van der Waals surface area (Å²) in [6, 6.07) is 9.34. The van der Waals surface area contributed by atoms with E-state index in [1.54, 1.807) is 11.1 Å². The van der Waals surface area contributed by atoms with Crippen LogP contribution in [0, 0.1) is 12.8 Å². The van der Waals surface area contributed by atoms with E-state index in [2.05, 4.69) is 42.4 Å². The molecule has 3 atom stereocenters. The summed E-state index contributed by atoms with van der Waals surface area (Å²) in [6.45, 7) is 3.43. The third kappa shape index (κ3) is 2.53. The molecular formula is C19H28N2. The second kappa shape index (κ2) is 5.40. The average Bonchev–Trinajstić information content (AvgIpc) is 2.93. The van der Waals surface area contributed by atoms with Crippen LogP contribution in [0.4, 0.5) is 0 Å². The molecule has 1 aromatic rings. The fraction of sp³-hybridized carbons (Fsp3) is 0.684. The van der Waals surface area contributed by atoms with Crippen LogP contribution in [0.15, 0.2) is 18.2 Å². The van der Waals surface area contributed by atoms with Gasteiger partial charge in [-0.3, -0.25) is 0 Å². The molecule has 0 radical (unpaired) electrons. The van der Waals surface area contributed by atoms with Crippen molar-refractivity contribution in [3.8, 4) is 0 Å². The second-order valence-corrected chi connectivity index (χ2v) is 7.59. The van der Waals surface area contributed by atoms with Gasteiger partial charge in [-0.15, -0.1) is 0 Å². The summed E-state index contributed by atoms with van der Waals surface area (Å²) in [6.07, 6.45) is 8.23. The van der Waals surface area contributed by atoms with Gasteiger partial charge in [-0.2, -0.15) is 0 Å². The minimum atomic E-state index is 0.609. The lowest BCUT2D eigenvalue weighted by atomic mass is 9.90. The summed E-state index contributed by atoms with van der Waals surface area (Å²) in [5, 5.41) is 3.90. The molecule has 2 nitrogen and oxygen atoms in total. The molecule has 0 spiro atoms. The van der Waals surface area contributed by atoms with E-state index in [0.29, 0.717) is 6.04 Å². The zero-order valence-corrected chi connectivity index (χ0v) is 13.4. The summed E-state index contributed by atoms with van der Waals surface area (Å²) in [5.74, 6) is 0.896. The first-order valence-corrected chi connectivity index (χ1v) is 8.75. The SMILES string of the molecule is Cc1ccc2c(c1)C(NCC1CC3CCC(C1)N3C)CC2. The zero-order valence-electron chi connectivity index (χ0n) is 13.4. The largest absolute Gasteiger partial charge is 0.310 e. The molecule has 0 saturated carbocycles. The quantitative estimate of drug-likeness (QED) is 0.914. The Bertz CT molecular complexity index is 510. The Morgan fingerprint density at radius 2 is 1.90 bits per heavy atom. The Morgan fingerprint density at radius 1 is 1.14 bits per heavy atom. The van der Waals surface area contributed by atoms with E-state index in [1.807, 2.05) is 0 Å². The van der Waals surface area contributed by atoms with Gasteiger partial charge in [0, 0.05) is 18.1 Å². The molecule has 0 aromatic heterocycles. The predicted molar refractivity (Wildman–Crippen MR) is 87.5 cm³/mol. The van der Waals surface area contributed by atoms with Crippen molar-refractivity contribution in [2.75, 3.05) is 13.6 Å². The van der Waals surface area contributed by atoms with Gasteiger partial charge in [0.05, 0.1) is 0 Å². The number of aryl methyl sites for hydroxylation is 2. The van der Waals surface area contributed by atoms with E-state index in [-0.39, 0.29) is 0 Å². The normalized spacial score (nSPS) is 35.1. The summed E-state index contributed by atoms with van der Waals surface area (Å²) in [4.78, 5) is 2.64. The van der Waals surface area contributed by atoms with E-state index in [4.69, 9.17) is 0 Å². The van der Waals surface area contributed by atoms with Crippen molar-refractivity contribution in [2.24, 2.45) is 5.92 Å². The molecule has 0 amide bonds.